The highest BCUT2D eigenvalue weighted by Crippen LogP contribution is 2.25. The smallest absolute Gasteiger partial charge is 0.254 e. The van der Waals surface area contributed by atoms with Crippen LogP contribution in [-0.2, 0) is 4.74 Å². The van der Waals surface area contributed by atoms with Crippen molar-refractivity contribution in [2.75, 3.05) is 32.8 Å². The van der Waals surface area contributed by atoms with Gasteiger partial charge in [-0.25, -0.2) is 4.39 Å². The molecule has 1 amide bonds. The maximum atomic E-state index is 13.9. The lowest BCUT2D eigenvalue weighted by Gasteiger charge is -2.34. The van der Waals surface area contributed by atoms with Crippen molar-refractivity contribution in [1.82, 2.24) is 10.2 Å². The molecule has 0 radical (unpaired) electrons. The van der Waals surface area contributed by atoms with E-state index in [4.69, 9.17) is 4.74 Å². The number of ether oxygens (including phenoxy) is 1. The monoisotopic (exact) mass is 412 g/mol. The van der Waals surface area contributed by atoms with Crippen LogP contribution in [0.5, 0.6) is 0 Å². The quantitative estimate of drug-likeness (QED) is 0.817. The number of carbonyl (C=O) groups excluding carboxylic acids is 1. The second kappa shape index (κ2) is 8.20. The molecule has 1 unspecified atom stereocenters. The third kappa shape index (κ3) is 4.22. The molecule has 1 aromatic heterocycles. The number of rotatable bonds is 5. The van der Waals surface area contributed by atoms with Crippen molar-refractivity contribution in [2.24, 2.45) is 0 Å². The number of nitrogens with zero attached hydrogens (tertiary/aromatic N) is 1. The lowest BCUT2D eigenvalue weighted by atomic mass is 10.1. The first kappa shape index (κ1) is 17.5. The van der Waals surface area contributed by atoms with E-state index in [1.807, 2.05) is 11.4 Å². The van der Waals surface area contributed by atoms with Crippen LogP contribution in [0.2, 0.25) is 0 Å². The Hall–Kier alpha value is -1.28. The topological polar surface area (TPSA) is 41.6 Å². The van der Waals surface area contributed by atoms with Gasteiger partial charge in [-0.3, -0.25) is 9.69 Å². The summed E-state index contributed by atoms with van der Waals surface area (Å²) in [5.74, 6) is -0.921. The summed E-state index contributed by atoms with van der Waals surface area (Å²) in [4.78, 5) is 15.8. The van der Waals surface area contributed by atoms with E-state index in [9.17, 15) is 9.18 Å². The predicted molar refractivity (Wildman–Crippen MR) is 95.9 cm³/mol. The standard InChI is InChI=1S/C17H18BrFN2O2S/c18-12-3-4-13(14(19)10-12)17(22)20-11-15(16-2-1-9-24-16)21-5-7-23-8-6-21/h1-4,9-10,15H,5-8,11H2,(H,20,22). The molecule has 4 nitrogen and oxygen atoms in total. The van der Waals surface area contributed by atoms with E-state index in [0.717, 1.165) is 13.1 Å². The summed E-state index contributed by atoms with van der Waals surface area (Å²) in [6.45, 7) is 3.47. The summed E-state index contributed by atoms with van der Waals surface area (Å²) in [7, 11) is 0. The molecule has 128 valence electrons. The summed E-state index contributed by atoms with van der Waals surface area (Å²) in [6, 6.07) is 8.60. The van der Waals surface area contributed by atoms with Crippen molar-refractivity contribution in [2.45, 2.75) is 6.04 Å². The highest BCUT2D eigenvalue weighted by Gasteiger charge is 2.24. The molecule has 1 aromatic carbocycles. The van der Waals surface area contributed by atoms with E-state index in [0.29, 0.717) is 24.2 Å². The van der Waals surface area contributed by atoms with Gasteiger partial charge in [0.1, 0.15) is 5.82 Å². The second-order valence-electron chi connectivity index (χ2n) is 5.51. The van der Waals surface area contributed by atoms with Crippen LogP contribution in [0.25, 0.3) is 0 Å². The van der Waals surface area contributed by atoms with Gasteiger partial charge in [0.25, 0.3) is 5.91 Å². The van der Waals surface area contributed by atoms with Gasteiger partial charge in [-0.05, 0) is 29.6 Å². The molecule has 1 aliphatic heterocycles. The highest BCUT2D eigenvalue weighted by atomic mass is 79.9. The lowest BCUT2D eigenvalue weighted by molar-refractivity contribution is 0.0169. The van der Waals surface area contributed by atoms with E-state index < -0.39 is 11.7 Å². The van der Waals surface area contributed by atoms with Crippen LogP contribution in [0.3, 0.4) is 0 Å². The molecule has 1 aliphatic rings. The van der Waals surface area contributed by atoms with Crippen molar-refractivity contribution in [3.05, 3.63) is 56.4 Å². The van der Waals surface area contributed by atoms with Gasteiger partial charge in [-0.15, -0.1) is 11.3 Å². The Morgan fingerprint density at radius 3 is 2.83 bits per heavy atom. The minimum atomic E-state index is -0.527. The molecule has 2 heterocycles. The molecule has 24 heavy (non-hydrogen) atoms. The third-order valence-corrected chi connectivity index (χ3v) is 5.46. The number of thiophene rings is 1. The first-order valence-electron chi connectivity index (χ1n) is 7.73. The Balaban J connectivity index is 1.70. The molecule has 7 heteroatoms. The first-order chi connectivity index (χ1) is 11.6. The van der Waals surface area contributed by atoms with Gasteiger partial charge < -0.3 is 10.1 Å². The van der Waals surface area contributed by atoms with Crippen LogP contribution in [0.1, 0.15) is 21.3 Å². The van der Waals surface area contributed by atoms with Crippen LogP contribution in [-0.4, -0.2) is 43.7 Å². The average molecular weight is 413 g/mol. The zero-order valence-electron chi connectivity index (χ0n) is 13.0. The van der Waals surface area contributed by atoms with Gasteiger partial charge in [-0.2, -0.15) is 0 Å². The van der Waals surface area contributed by atoms with Crippen molar-refractivity contribution in [3.63, 3.8) is 0 Å². The van der Waals surface area contributed by atoms with Crippen molar-refractivity contribution >= 4 is 33.2 Å². The van der Waals surface area contributed by atoms with Crippen LogP contribution < -0.4 is 5.32 Å². The number of benzene rings is 1. The van der Waals surface area contributed by atoms with Crippen LogP contribution >= 0.6 is 27.3 Å². The van der Waals surface area contributed by atoms with E-state index in [1.54, 1.807) is 17.4 Å². The van der Waals surface area contributed by atoms with Gasteiger partial charge in [0.15, 0.2) is 0 Å². The molecule has 1 atom stereocenters. The van der Waals surface area contributed by atoms with Gasteiger partial charge in [0, 0.05) is 29.0 Å². The zero-order valence-corrected chi connectivity index (χ0v) is 15.4. The summed E-state index contributed by atoms with van der Waals surface area (Å²) in [5, 5.41) is 4.90. The number of hydrogen-bond acceptors (Lipinski definition) is 4. The minimum absolute atomic E-state index is 0.0603. The Bertz CT molecular complexity index is 690. The fraction of sp³-hybridized carbons (Fsp3) is 0.353. The van der Waals surface area contributed by atoms with Gasteiger partial charge in [0.05, 0.1) is 24.8 Å². The van der Waals surface area contributed by atoms with Gasteiger partial charge >= 0.3 is 0 Å². The maximum absolute atomic E-state index is 13.9. The Labute approximate surface area is 152 Å². The summed E-state index contributed by atoms with van der Waals surface area (Å²) < 4.78 is 20.0. The number of hydrogen-bond donors (Lipinski definition) is 1. The lowest BCUT2D eigenvalue weighted by Crippen LogP contribution is -2.43. The molecule has 1 saturated heterocycles. The molecule has 2 aromatic rings. The van der Waals surface area contributed by atoms with Gasteiger partial charge in [0.2, 0.25) is 0 Å². The van der Waals surface area contributed by atoms with E-state index >= 15 is 0 Å². The van der Waals surface area contributed by atoms with Crippen LogP contribution in [0.15, 0.2) is 40.2 Å². The fourth-order valence-electron chi connectivity index (χ4n) is 2.74. The number of amides is 1. The fourth-order valence-corrected chi connectivity index (χ4v) is 3.93. The molecule has 0 spiro atoms. The summed E-state index contributed by atoms with van der Waals surface area (Å²) >= 11 is 4.86. The van der Waals surface area contributed by atoms with E-state index in [2.05, 4.69) is 32.2 Å². The van der Waals surface area contributed by atoms with E-state index in [-0.39, 0.29) is 11.6 Å². The van der Waals surface area contributed by atoms with E-state index in [1.165, 1.54) is 17.0 Å². The molecule has 0 bridgehead atoms. The van der Waals surface area contributed by atoms with Crippen molar-refractivity contribution in [3.8, 4) is 0 Å². The SMILES string of the molecule is O=C(NCC(c1cccs1)N1CCOCC1)c1ccc(Br)cc1F. The van der Waals surface area contributed by atoms with Crippen LogP contribution in [0, 0.1) is 5.82 Å². The molecular weight excluding hydrogens is 395 g/mol. The molecule has 1 fully saturated rings. The number of nitrogens with one attached hydrogen (secondary N) is 1. The molecule has 3 rings (SSSR count). The number of halogens is 2. The first-order valence-corrected chi connectivity index (χ1v) is 9.41. The Kier molecular flexibility index (Phi) is 5.99. The third-order valence-electron chi connectivity index (χ3n) is 3.99. The van der Waals surface area contributed by atoms with Gasteiger partial charge in [-0.1, -0.05) is 22.0 Å². The highest BCUT2D eigenvalue weighted by molar-refractivity contribution is 9.10. The largest absolute Gasteiger partial charge is 0.379 e. The minimum Gasteiger partial charge on any atom is -0.379 e. The molecule has 0 aliphatic carbocycles. The predicted octanol–water partition coefficient (Wildman–Crippen LogP) is 3.45. The zero-order chi connectivity index (χ0) is 16.9. The Morgan fingerprint density at radius 1 is 1.38 bits per heavy atom. The molecule has 1 N–H and O–H groups in total. The Morgan fingerprint density at radius 2 is 2.17 bits per heavy atom. The summed E-state index contributed by atoms with van der Waals surface area (Å²) in [5.41, 5.74) is 0.0603. The molecule has 0 saturated carbocycles. The van der Waals surface area contributed by atoms with Crippen molar-refractivity contribution in [1.29, 1.82) is 0 Å². The maximum Gasteiger partial charge on any atom is 0.254 e. The average Bonchev–Trinajstić information content (AvgIpc) is 3.10. The number of carbonyl (C=O) groups is 1. The normalized spacial score (nSPS) is 16.8. The molecular formula is C17H18BrFN2O2S. The second-order valence-corrected chi connectivity index (χ2v) is 7.41. The number of morpholine rings is 1. The van der Waals surface area contributed by atoms with Crippen LogP contribution in [0.4, 0.5) is 4.39 Å². The summed E-state index contributed by atoms with van der Waals surface area (Å²) in [6.07, 6.45) is 0. The van der Waals surface area contributed by atoms with Crippen molar-refractivity contribution < 1.29 is 13.9 Å².